The Morgan fingerprint density at radius 3 is 2.39 bits per heavy atom. The predicted octanol–water partition coefficient (Wildman–Crippen LogP) is 3.31. The molecule has 2 N–H and O–H groups in total. The van der Waals surface area contributed by atoms with Gasteiger partial charge in [-0.05, 0) is 38.5 Å². The number of anilines is 1. The summed E-state index contributed by atoms with van der Waals surface area (Å²) in [5.41, 5.74) is 0.785. The summed E-state index contributed by atoms with van der Waals surface area (Å²) in [4.78, 5) is 11.5. The van der Waals surface area contributed by atoms with Gasteiger partial charge in [-0.1, -0.05) is 12.1 Å². The number of nitrogens with one attached hydrogen (secondary N) is 1. The molecule has 5 heteroatoms. The fraction of sp³-hybridized carbons (Fsp3) is 0.462. The van der Waals surface area contributed by atoms with Crippen LogP contribution >= 0.6 is 11.6 Å². The highest BCUT2D eigenvalue weighted by Gasteiger charge is 2.16. The lowest BCUT2D eigenvalue weighted by Gasteiger charge is -2.19. The Morgan fingerprint density at radius 1 is 1.39 bits per heavy atom. The van der Waals surface area contributed by atoms with Crippen LogP contribution in [0.4, 0.5) is 10.5 Å². The van der Waals surface area contributed by atoms with Crippen LogP contribution in [-0.2, 0) is 4.74 Å². The molecular weight excluding hydrogens is 254 g/mol. The third-order valence-corrected chi connectivity index (χ3v) is 2.38. The Kier molecular flexibility index (Phi) is 4.99. The zero-order valence-corrected chi connectivity index (χ0v) is 11.5. The molecule has 4 nitrogen and oxygen atoms in total. The number of hydrogen-bond donors (Lipinski definition) is 2. The van der Waals surface area contributed by atoms with Crippen molar-refractivity contribution < 1.29 is 14.6 Å². The number of benzene rings is 1. The van der Waals surface area contributed by atoms with Crippen LogP contribution in [0.5, 0.6) is 0 Å². The van der Waals surface area contributed by atoms with Crippen LogP contribution in [0.1, 0.15) is 32.4 Å². The summed E-state index contributed by atoms with van der Waals surface area (Å²) < 4.78 is 5.12. The fourth-order valence-corrected chi connectivity index (χ4v) is 1.48. The average molecular weight is 272 g/mol. The second kappa shape index (κ2) is 6.07. The van der Waals surface area contributed by atoms with Gasteiger partial charge in [-0.25, -0.2) is 4.79 Å². The number of hydrogen-bond acceptors (Lipinski definition) is 3. The molecule has 0 saturated heterocycles. The van der Waals surface area contributed by atoms with E-state index in [0.717, 1.165) is 0 Å². The first-order chi connectivity index (χ1) is 8.31. The topological polar surface area (TPSA) is 58.6 Å². The lowest BCUT2D eigenvalue weighted by atomic mass is 10.1. The minimum absolute atomic E-state index is 0.138. The zero-order chi connectivity index (χ0) is 13.8. The SMILES string of the molecule is CC(C)(C)OC(=O)Nc1ccc(C(O)CCl)cc1. The molecule has 0 aliphatic heterocycles. The maximum absolute atomic E-state index is 11.5. The highest BCUT2D eigenvalue weighted by atomic mass is 35.5. The van der Waals surface area contributed by atoms with Crippen LogP contribution in [-0.4, -0.2) is 22.7 Å². The lowest BCUT2D eigenvalue weighted by Crippen LogP contribution is -2.27. The Bertz CT molecular complexity index is 398. The third kappa shape index (κ3) is 4.94. The molecule has 0 aromatic heterocycles. The second-order valence-corrected chi connectivity index (χ2v) is 5.23. The van der Waals surface area contributed by atoms with E-state index in [4.69, 9.17) is 16.3 Å². The van der Waals surface area contributed by atoms with Crippen molar-refractivity contribution in [2.24, 2.45) is 0 Å². The Balaban J connectivity index is 2.61. The van der Waals surface area contributed by atoms with Crippen LogP contribution in [0.15, 0.2) is 24.3 Å². The van der Waals surface area contributed by atoms with E-state index in [1.54, 1.807) is 45.0 Å². The third-order valence-electron chi connectivity index (χ3n) is 2.09. The van der Waals surface area contributed by atoms with E-state index >= 15 is 0 Å². The minimum Gasteiger partial charge on any atom is -0.444 e. The van der Waals surface area contributed by atoms with Gasteiger partial charge in [0.2, 0.25) is 0 Å². The molecule has 0 spiro atoms. The average Bonchev–Trinajstić information content (AvgIpc) is 2.26. The summed E-state index contributed by atoms with van der Waals surface area (Å²) in [6.07, 6.45) is -1.20. The van der Waals surface area contributed by atoms with Gasteiger partial charge in [0, 0.05) is 5.69 Å². The molecule has 0 radical (unpaired) electrons. The van der Waals surface area contributed by atoms with E-state index in [2.05, 4.69) is 5.32 Å². The molecule has 0 fully saturated rings. The summed E-state index contributed by atoms with van der Waals surface area (Å²) in [5.74, 6) is 0.138. The summed E-state index contributed by atoms with van der Waals surface area (Å²) in [5, 5.41) is 12.1. The number of aliphatic hydroxyl groups excluding tert-OH is 1. The monoisotopic (exact) mass is 271 g/mol. The molecule has 0 aliphatic carbocycles. The summed E-state index contributed by atoms with van der Waals surface area (Å²) in [6.45, 7) is 5.39. The highest BCUT2D eigenvalue weighted by molar-refractivity contribution is 6.18. The molecular formula is C13H18ClNO3. The second-order valence-electron chi connectivity index (χ2n) is 4.92. The molecule has 1 atom stereocenters. The maximum atomic E-state index is 11.5. The van der Waals surface area contributed by atoms with Crippen molar-refractivity contribution in [3.8, 4) is 0 Å². The van der Waals surface area contributed by atoms with Crippen molar-refractivity contribution in [2.45, 2.75) is 32.5 Å². The summed E-state index contributed by atoms with van der Waals surface area (Å²) in [7, 11) is 0. The quantitative estimate of drug-likeness (QED) is 0.829. The number of carbonyl (C=O) groups is 1. The number of alkyl halides is 1. The minimum atomic E-state index is -0.692. The van der Waals surface area contributed by atoms with Crippen LogP contribution in [0.25, 0.3) is 0 Å². The number of ether oxygens (including phenoxy) is 1. The van der Waals surface area contributed by atoms with E-state index in [1.165, 1.54) is 0 Å². The zero-order valence-electron chi connectivity index (χ0n) is 10.7. The van der Waals surface area contributed by atoms with E-state index in [1.807, 2.05) is 0 Å². The number of aliphatic hydroxyl groups is 1. The highest BCUT2D eigenvalue weighted by Crippen LogP contribution is 2.18. The maximum Gasteiger partial charge on any atom is 0.412 e. The van der Waals surface area contributed by atoms with Crippen LogP contribution < -0.4 is 5.32 Å². The predicted molar refractivity (Wildman–Crippen MR) is 72.0 cm³/mol. The van der Waals surface area contributed by atoms with Crippen molar-refractivity contribution in [1.29, 1.82) is 0 Å². The Hall–Kier alpha value is -1.26. The van der Waals surface area contributed by atoms with Crippen molar-refractivity contribution >= 4 is 23.4 Å². The van der Waals surface area contributed by atoms with Gasteiger partial charge in [-0.2, -0.15) is 0 Å². The van der Waals surface area contributed by atoms with Crippen molar-refractivity contribution in [2.75, 3.05) is 11.2 Å². The van der Waals surface area contributed by atoms with Gasteiger partial charge in [0.15, 0.2) is 0 Å². The van der Waals surface area contributed by atoms with E-state index in [-0.39, 0.29) is 5.88 Å². The Labute approximate surface area is 112 Å². The van der Waals surface area contributed by atoms with Gasteiger partial charge >= 0.3 is 6.09 Å². The largest absolute Gasteiger partial charge is 0.444 e. The molecule has 1 unspecified atom stereocenters. The van der Waals surface area contributed by atoms with Gasteiger partial charge in [0.1, 0.15) is 5.60 Å². The molecule has 100 valence electrons. The lowest BCUT2D eigenvalue weighted by molar-refractivity contribution is 0.0636. The first-order valence-corrected chi connectivity index (χ1v) is 6.19. The molecule has 1 aromatic carbocycles. The van der Waals surface area contributed by atoms with Crippen molar-refractivity contribution in [1.82, 2.24) is 0 Å². The molecule has 1 amide bonds. The van der Waals surface area contributed by atoms with Gasteiger partial charge in [0.25, 0.3) is 0 Å². The van der Waals surface area contributed by atoms with Crippen molar-refractivity contribution in [3.63, 3.8) is 0 Å². The van der Waals surface area contributed by atoms with Crippen molar-refractivity contribution in [3.05, 3.63) is 29.8 Å². The molecule has 0 heterocycles. The molecule has 0 bridgehead atoms. The number of carbonyl (C=O) groups excluding carboxylic acids is 1. The molecule has 1 rings (SSSR count). The van der Waals surface area contributed by atoms with Gasteiger partial charge in [-0.3, -0.25) is 5.32 Å². The van der Waals surface area contributed by atoms with E-state index in [9.17, 15) is 9.90 Å². The van der Waals surface area contributed by atoms with Gasteiger partial charge < -0.3 is 9.84 Å². The first kappa shape index (κ1) is 14.8. The summed E-state index contributed by atoms with van der Waals surface area (Å²) >= 11 is 5.54. The number of amides is 1. The number of rotatable bonds is 3. The van der Waals surface area contributed by atoms with Gasteiger partial charge in [-0.15, -0.1) is 11.6 Å². The molecule has 0 saturated carbocycles. The van der Waals surface area contributed by atoms with Crippen LogP contribution in [0.3, 0.4) is 0 Å². The van der Waals surface area contributed by atoms with Crippen LogP contribution in [0, 0.1) is 0 Å². The normalized spacial score (nSPS) is 12.9. The standard InChI is InChI=1S/C13H18ClNO3/c1-13(2,3)18-12(17)15-10-6-4-9(5-7-10)11(16)8-14/h4-7,11,16H,8H2,1-3H3,(H,15,17). The smallest absolute Gasteiger partial charge is 0.412 e. The first-order valence-electron chi connectivity index (χ1n) is 5.66. The van der Waals surface area contributed by atoms with Crippen LogP contribution in [0.2, 0.25) is 0 Å². The molecule has 1 aromatic rings. The fourth-order valence-electron chi connectivity index (χ4n) is 1.30. The Morgan fingerprint density at radius 2 is 1.94 bits per heavy atom. The summed E-state index contributed by atoms with van der Waals surface area (Å²) in [6, 6.07) is 6.80. The number of halogens is 1. The van der Waals surface area contributed by atoms with E-state index in [0.29, 0.717) is 11.3 Å². The van der Waals surface area contributed by atoms with E-state index < -0.39 is 17.8 Å². The molecule has 18 heavy (non-hydrogen) atoms. The molecule has 0 aliphatic rings. The van der Waals surface area contributed by atoms with Gasteiger partial charge in [0.05, 0.1) is 12.0 Å².